The minimum atomic E-state index is -0.589. The molecule has 2 aliphatic heterocycles. The molecule has 3 atom stereocenters. The van der Waals surface area contributed by atoms with Crippen LogP contribution < -0.4 is 15.5 Å². The third-order valence-electron chi connectivity index (χ3n) is 7.73. The number of anilines is 3. The summed E-state index contributed by atoms with van der Waals surface area (Å²) in [5, 5.41) is 17.2. The topological polar surface area (TPSA) is 111 Å². The van der Waals surface area contributed by atoms with E-state index >= 15 is 0 Å². The average Bonchev–Trinajstić information content (AvgIpc) is 3.58. The molecule has 1 aliphatic carbocycles. The van der Waals surface area contributed by atoms with E-state index in [2.05, 4.69) is 48.2 Å². The summed E-state index contributed by atoms with van der Waals surface area (Å²) in [6.07, 6.45) is 8.49. The SMILES string of the molecule is CC(C)N1CCCC(NC(=O)[C@@H]2C[C@@H](O)CN2c2nc3c(c(Nc4cn(C(C)C)cn4)n2)CCC3)C1. The van der Waals surface area contributed by atoms with E-state index in [0.29, 0.717) is 31.0 Å². The molecule has 196 valence electrons. The number of amides is 1. The minimum Gasteiger partial charge on any atom is -0.391 e. The molecule has 5 rings (SSSR count). The Balaban J connectivity index is 1.36. The monoisotopic (exact) mass is 496 g/mol. The molecule has 0 radical (unpaired) electrons. The first-order valence-electron chi connectivity index (χ1n) is 13.5. The van der Waals surface area contributed by atoms with Crippen LogP contribution in [0.4, 0.5) is 17.6 Å². The summed E-state index contributed by atoms with van der Waals surface area (Å²) in [5.74, 6) is 1.95. The lowest BCUT2D eigenvalue weighted by atomic mass is 10.0. The first kappa shape index (κ1) is 25.0. The second kappa shape index (κ2) is 10.3. The van der Waals surface area contributed by atoms with Crippen molar-refractivity contribution in [3.8, 4) is 0 Å². The molecule has 1 unspecified atom stereocenters. The van der Waals surface area contributed by atoms with Crippen molar-refractivity contribution in [3.05, 3.63) is 23.8 Å². The number of carbonyl (C=O) groups excluding carboxylic acids is 1. The van der Waals surface area contributed by atoms with Crippen LogP contribution in [0.15, 0.2) is 12.5 Å². The van der Waals surface area contributed by atoms with E-state index < -0.39 is 12.1 Å². The predicted octanol–water partition coefficient (Wildman–Crippen LogP) is 2.41. The number of aromatic nitrogens is 4. The molecule has 10 heteroatoms. The highest BCUT2D eigenvalue weighted by molar-refractivity contribution is 5.86. The van der Waals surface area contributed by atoms with Gasteiger partial charge in [-0.05, 0) is 66.3 Å². The lowest BCUT2D eigenvalue weighted by Crippen LogP contribution is -2.53. The Morgan fingerprint density at radius 2 is 1.94 bits per heavy atom. The molecule has 10 nitrogen and oxygen atoms in total. The van der Waals surface area contributed by atoms with Gasteiger partial charge in [0.1, 0.15) is 17.7 Å². The van der Waals surface area contributed by atoms with Crippen molar-refractivity contribution < 1.29 is 9.90 Å². The number of aliphatic hydroxyl groups excluding tert-OH is 1. The third kappa shape index (κ3) is 5.20. The summed E-state index contributed by atoms with van der Waals surface area (Å²) in [6, 6.07) is 0.429. The lowest BCUT2D eigenvalue weighted by molar-refractivity contribution is -0.123. The minimum absolute atomic E-state index is 0.0450. The number of hydrogen-bond donors (Lipinski definition) is 3. The van der Waals surface area contributed by atoms with Crippen LogP contribution in [-0.2, 0) is 17.6 Å². The maximum absolute atomic E-state index is 13.4. The smallest absolute Gasteiger partial charge is 0.243 e. The number of carbonyl (C=O) groups is 1. The molecule has 2 saturated heterocycles. The standard InChI is InChI=1S/C26H40N8O2/c1-16(2)32-10-6-7-18(12-32)28-25(36)22-11-19(35)13-34(22)26-29-21-9-5-8-20(21)24(31-26)30-23-14-33(15-27-23)17(3)4/h14-19,22,35H,5-13H2,1-4H3,(H,28,36)(H,29,30,31)/t18?,19-,22+/m1/s1. The van der Waals surface area contributed by atoms with Gasteiger partial charge in [0.05, 0.1) is 18.1 Å². The van der Waals surface area contributed by atoms with E-state index in [1.54, 1.807) is 0 Å². The summed E-state index contributed by atoms with van der Waals surface area (Å²) in [6.45, 7) is 10.9. The molecule has 0 aromatic carbocycles. The van der Waals surface area contributed by atoms with Gasteiger partial charge >= 0.3 is 0 Å². The maximum Gasteiger partial charge on any atom is 0.243 e. The van der Waals surface area contributed by atoms with Gasteiger partial charge in [-0.1, -0.05) is 0 Å². The number of nitrogens with one attached hydrogen (secondary N) is 2. The average molecular weight is 497 g/mol. The van der Waals surface area contributed by atoms with Crippen molar-refractivity contribution in [1.29, 1.82) is 0 Å². The van der Waals surface area contributed by atoms with Gasteiger partial charge in [0.15, 0.2) is 0 Å². The van der Waals surface area contributed by atoms with Gasteiger partial charge in [-0.15, -0.1) is 0 Å². The number of β-amino-alcohol motifs (C(OH)–C–C–N with tert-alkyl or cyclic N) is 1. The third-order valence-corrected chi connectivity index (χ3v) is 7.73. The fraction of sp³-hybridized carbons (Fsp3) is 0.692. The van der Waals surface area contributed by atoms with Gasteiger partial charge in [-0.3, -0.25) is 9.69 Å². The molecule has 0 saturated carbocycles. The van der Waals surface area contributed by atoms with Gasteiger partial charge in [-0.25, -0.2) is 9.97 Å². The Kier molecular flexibility index (Phi) is 7.16. The quantitative estimate of drug-likeness (QED) is 0.536. The largest absolute Gasteiger partial charge is 0.391 e. The number of likely N-dealkylation sites (tertiary alicyclic amines) is 1. The Bertz CT molecular complexity index is 1080. The van der Waals surface area contributed by atoms with Crippen LogP contribution in [-0.4, -0.2) is 79.3 Å². The van der Waals surface area contributed by atoms with Gasteiger partial charge in [0.25, 0.3) is 0 Å². The predicted molar refractivity (Wildman–Crippen MR) is 140 cm³/mol. The summed E-state index contributed by atoms with van der Waals surface area (Å²) in [7, 11) is 0. The molecule has 36 heavy (non-hydrogen) atoms. The van der Waals surface area contributed by atoms with E-state index in [1.165, 1.54) is 0 Å². The normalized spacial score (nSPS) is 24.5. The lowest BCUT2D eigenvalue weighted by Gasteiger charge is -2.36. The van der Waals surface area contributed by atoms with E-state index in [4.69, 9.17) is 9.97 Å². The Labute approximate surface area is 213 Å². The molecule has 4 heterocycles. The number of fused-ring (bicyclic) bond motifs is 1. The van der Waals surface area contributed by atoms with Crippen molar-refractivity contribution in [1.82, 2.24) is 29.7 Å². The van der Waals surface area contributed by atoms with Crippen LogP contribution in [0, 0.1) is 0 Å². The number of hydrogen-bond acceptors (Lipinski definition) is 8. The zero-order valence-electron chi connectivity index (χ0n) is 21.9. The van der Waals surface area contributed by atoms with Gasteiger partial charge in [-0.2, -0.15) is 4.98 Å². The number of imidazole rings is 1. The molecule has 3 N–H and O–H groups in total. The second-order valence-electron chi connectivity index (χ2n) is 11.1. The van der Waals surface area contributed by atoms with Crippen molar-refractivity contribution in [2.75, 3.05) is 29.9 Å². The second-order valence-corrected chi connectivity index (χ2v) is 11.1. The first-order valence-corrected chi connectivity index (χ1v) is 13.5. The number of rotatable bonds is 7. The van der Waals surface area contributed by atoms with Gasteiger partial charge < -0.3 is 25.2 Å². The van der Waals surface area contributed by atoms with Crippen LogP contribution in [0.25, 0.3) is 0 Å². The van der Waals surface area contributed by atoms with Gasteiger partial charge in [0, 0.05) is 49.4 Å². The molecule has 2 aromatic heterocycles. The van der Waals surface area contributed by atoms with Crippen LogP contribution in [0.1, 0.15) is 70.7 Å². The van der Waals surface area contributed by atoms with Gasteiger partial charge in [0.2, 0.25) is 11.9 Å². The molecule has 3 aliphatic rings. The van der Waals surface area contributed by atoms with Crippen LogP contribution >= 0.6 is 0 Å². The molecule has 2 aromatic rings. The summed E-state index contributed by atoms with van der Waals surface area (Å²) < 4.78 is 2.05. The first-order chi connectivity index (χ1) is 17.3. The number of aryl methyl sites for hydroxylation is 1. The molecule has 1 amide bonds. The molecule has 0 spiro atoms. The highest BCUT2D eigenvalue weighted by Gasteiger charge is 2.39. The van der Waals surface area contributed by atoms with Crippen molar-refractivity contribution >= 4 is 23.5 Å². The zero-order valence-corrected chi connectivity index (χ0v) is 21.9. The number of piperidine rings is 1. The van der Waals surface area contributed by atoms with E-state index in [9.17, 15) is 9.90 Å². The zero-order chi connectivity index (χ0) is 25.4. The fourth-order valence-corrected chi connectivity index (χ4v) is 5.63. The highest BCUT2D eigenvalue weighted by Crippen LogP contribution is 2.32. The van der Waals surface area contributed by atoms with Crippen molar-refractivity contribution in [2.45, 2.75) is 96.5 Å². The van der Waals surface area contributed by atoms with Crippen molar-refractivity contribution in [3.63, 3.8) is 0 Å². The number of aliphatic hydroxyl groups is 1. The summed E-state index contributed by atoms with van der Waals surface area (Å²) >= 11 is 0. The Morgan fingerprint density at radius 1 is 1.11 bits per heavy atom. The van der Waals surface area contributed by atoms with Crippen LogP contribution in [0.3, 0.4) is 0 Å². The molecular formula is C26H40N8O2. The maximum atomic E-state index is 13.4. The molecule has 0 bridgehead atoms. The Morgan fingerprint density at radius 3 is 2.69 bits per heavy atom. The van der Waals surface area contributed by atoms with Crippen LogP contribution in [0.5, 0.6) is 0 Å². The highest BCUT2D eigenvalue weighted by atomic mass is 16.3. The molecule has 2 fully saturated rings. The van der Waals surface area contributed by atoms with E-state index in [-0.39, 0.29) is 11.9 Å². The fourth-order valence-electron chi connectivity index (χ4n) is 5.63. The van der Waals surface area contributed by atoms with E-state index in [1.807, 2.05) is 22.0 Å². The summed E-state index contributed by atoms with van der Waals surface area (Å²) in [5.41, 5.74) is 2.14. The Hall–Kier alpha value is -2.72. The summed E-state index contributed by atoms with van der Waals surface area (Å²) in [4.78, 5) is 32.0. The van der Waals surface area contributed by atoms with Crippen molar-refractivity contribution in [2.24, 2.45) is 0 Å². The number of nitrogens with zero attached hydrogens (tertiary/aromatic N) is 6. The molecular weight excluding hydrogens is 456 g/mol. The van der Waals surface area contributed by atoms with Crippen LogP contribution in [0.2, 0.25) is 0 Å². The van der Waals surface area contributed by atoms with E-state index in [0.717, 1.165) is 68.1 Å².